The first-order valence-electron chi connectivity index (χ1n) is 44.1. The van der Waals surface area contributed by atoms with Crippen LogP contribution in [0.25, 0.3) is 44.5 Å². The van der Waals surface area contributed by atoms with E-state index >= 15 is 0 Å². The van der Waals surface area contributed by atoms with E-state index < -0.39 is 47.7 Å². The van der Waals surface area contributed by atoms with Gasteiger partial charge in [0.2, 0.25) is 5.91 Å². The van der Waals surface area contributed by atoms with Gasteiger partial charge in [-0.2, -0.15) is 20.4 Å². The molecule has 0 aliphatic carbocycles. The Morgan fingerprint density at radius 3 is 1.07 bits per heavy atom. The van der Waals surface area contributed by atoms with E-state index in [-0.39, 0.29) is 127 Å². The van der Waals surface area contributed by atoms with Crippen LogP contribution in [0.2, 0.25) is 40.2 Å². The van der Waals surface area contributed by atoms with Gasteiger partial charge in [0.05, 0.1) is 96.0 Å². The lowest BCUT2D eigenvalue weighted by atomic mass is 10.1. The number of nitrogens with zero attached hydrogens (tertiary/aromatic N) is 13. The Balaban J connectivity index is 0.000000137. The highest BCUT2D eigenvalue weighted by atomic mass is 35.5. The van der Waals surface area contributed by atoms with Gasteiger partial charge in [0, 0.05) is 200 Å². The third-order valence-corrected chi connectivity index (χ3v) is 26.8. The van der Waals surface area contributed by atoms with Crippen LogP contribution in [0.15, 0.2) is 123 Å². The van der Waals surface area contributed by atoms with E-state index in [2.05, 4.69) is 61.6 Å². The second-order valence-corrected chi connectivity index (χ2v) is 36.4. The summed E-state index contributed by atoms with van der Waals surface area (Å²) in [5.41, 5.74) is 32.3. The van der Waals surface area contributed by atoms with Crippen LogP contribution in [0.3, 0.4) is 0 Å². The number of nitrogens with one attached hydrogen (secondary N) is 4. The minimum absolute atomic E-state index is 0.0665. The zero-order chi connectivity index (χ0) is 95.6. The van der Waals surface area contributed by atoms with Gasteiger partial charge >= 0.3 is 0 Å². The molecule has 8 aromatic heterocycles. The maximum Gasteiger partial charge on any atom is 0.227 e. The van der Waals surface area contributed by atoms with Gasteiger partial charge in [-0.3, -0.25) is 23.5 Å². The minimum atomic E-state index is -0.769. The average molecular weight is 2020 g/mol. The molecule has 6 fully saturated rings. The lowest BCUT2D eigenvalue weighted by Crippen LogP contribution is -2.50. The van der Waals surface area contributed by atoms with E-state index in [4.69, 9.17) is 154 Å². The summed E-state index contributed by atoms with van der Waals surface area (Å²) in [6, 6.07) is 12.6. The summed E-state index contributed by atoms with van der Waals surface area (Å²) in [5.74, 6) is 0.0678. The Labute approximate surface area is 816 Å². The molecule has 0 spiro atoms. The molecular formula is C93H101Cl8F4N21O9. The summed E-state index contributed by atoms with van der Waals surface area (Å²) in [5, 5.41) is 30.8. The SMILES string of the molecule is CC(Oc1cc(-c2cnn(C)c2)cnc1N)c1c(Cl)c(F)cc(OC2CCCNC2)c1Cl.CC(Oc1cc(-c2cnn(C)c2)cnc1N)c1c(Cl)c(F)cc(OC2CNC2)c1Cl.CC(Oc1cc(-c2cnn(C3CCNCC3)c2)cnc1N)c1c(Cl)c(F)cc(N2CCCC2=O)c1Cl.CC(Oc1cc(-c2cnn(C3CCNCC3)c2)cnc1N)c1c(Cl)c(F)cc(OC2CCOCC2)c1Cl. The first-order valence-corrected chi connectivity index (χ1v) is 47.1. The molecule has 14 heterocycles. The van der Waals surface area contributed by atoms with Gasteiger partial charge < -0.3 is 87.0 Å². The molecule has 6 saturated heterocycles. The number of hydrogen-bond donors (Lipinski definition) is 8. The molecule has 0 radical (unpaired) electrons. The number of piperidine rings is 3. The topological polar surface area (TPSA) is 369 Å². The van der Waals surface area contributed by atoms with Crippen molar-refractivity contribution in [2.75, 3.05) is 100.0 Å². The molecule has 5 unspecified atom stereocenters. The molecule has 5 atom stereocenters. The van der Waals surface area contributed by atoms with Crippen LogP contribution >= 0.6 is 92.8 Å². The zero-order valence-electron chi connectivity index (χ0n) is 74.4. The van der Waals surface area contributed by atoms with Crippen LogP contribution < -0.4 is 82.3 Å². The summed E-state index contributed by atoms with van der Waals surface area (Å²) in [6.45, 7) is 15.3. The molecule has 6 aliphatic heterocycles. The third kappa shape index (κ3) is 23.6. The first-order chi connectivity index (χ1) is 64.9. The van der Waals surface area contributed by atoms with Crippen molar-refractivity contribution in [1.29, 1.82) is 0 Å². The molecule has 30 nitrogen and oxygen atoms in total. The smallest absolute Gasteiger partial charge is 0.227 e. The van der Waals surface area contributed by atoms with Crippen LogP contribution in [0.5, 0.6) is 40.2 Å². The molecule has 42 heteroatoms. The molecular weight excluding hydrogens is 1910 g/mol. The van der Waals surface area contributed by atoms with Crippen molar-refractivity contribution >= 4 is 128 Å². The third-order valence-electron chi connectivity index (χ3n) is 23.7. The van der Waals surface area contributed by atoms with E-state index in [0.29, 0.717) is 106 Å². The number of aryl methyl sites for hydroxylation is 2. The first kappa shape index (κ1) is 98.9. The zero-order valence-corrected chi connectivity index (χ0v) is 80.5. The number of ether oxygens (including phenoxy) is 8. The van der Waals surface area contributed by atoms with Crippen LogP contribution in [0.4, 0.5) is 46.5 Å². The van der Waals surface area contributed by atoms with Crippen molar-refractivity contribution in [1.82, 2.24) is 80.3 Å². The quantitative estimate of drug-likeness (QED) is 0.0195. The molecule has 6 aliphatic rings. The normalized spacial score (nSPS) is 17.0. The van der Waals surface area contributed by atoms with Crippen molar-refractivity contribution < 1.29 is 60.3 Å². The fourth-order valence-electron chi connectivity index (χ4n) is 16.3. The highest BCUT2D eigenvalue weighted by molar-refractivity contribution is 6.39. The number of nitrogens with two attached hydrogens (primary N) is 4. The van der Waals surface area contributed by atoms with Crippen LogP contribution in [0.1, 0.15) is 151 Å². The van der Waals surface area contributed by atoms with Crippen LogP contribution in [-0.4, -0.2) is 155 Å². The Bertz CT molecular complexity index is 6210. The van der Waals surface area contributed by atoms with Gasteiger partial charge in [-0.1, -0.05) is 92.8 Å². The number of pyridine rings is 4. The summed E-state index contributed by atoms with van der Waals surface area (Å²) >= 11 is 51.6. The van der Waals surface area contributed by atoms with E-state index in [0.717, 1.165) is 116 Å². The summed E-state index contributed by atoms with van der Waals surface area (Å²) in [7, 11) is 3.64. The standard InChI is InChI=1S/C26H30Cl2FN5O3.C25H27Cl2FN6O2.C22H24Cl2FN5O2.C20H20Cl2FN5O2/c1-15(23-24(27)20(29)11-21(25(23)28)37-19-4-8-35-9-5-19)36-22-10-16(12-32-26(22)30)17-13-33-34(14-17)18-2-6-31-7-3-18;1-14(22-23(26)18(28)10-19(24(22)27)33-8-2-3-21(33)35)36-20-9-15(11-31-25(20)29)16-12-32-34(13-16)17-4-6-30-7-5-17;1-12(31-18-6-13(8-28-22(18)26)14-9-29-30(2)11-14)19-20(23)16(25)7-17(21(19)24)32-15-4-3-5-27-10-15;1-10(17-18(21)14(23)4-15(19(17)22)30-13-7-25-8-13)29-16-3-11(5-26-20(16)24)12-6-27-28(2)9-12/h10-15,18-19,31H,2-9H2,1H3,(H2,30,32);9-14,17,30H,2-8H2,1H3,(H2,29,31);6-9,11-12,15,27H,3-5,10H2,1-2H3,(H2,26,28);3-6,9-10,13,25H,7-8H2,1-2H3,(H2,24,26). The van der Waals surface area contributed by atoms with Crippen molar-refractivity contribution in [3.8, 4) is 84.8 Å². The second kappa shape index (κ2) is 44.7. The number of rotatable bonds is 25. The number of carbonyl (C=O) groups excluding carboxylic acids is 1. The molecule has 0 saturated carbocycles. The lowest BCUT2D eigenvalue weighted by molar-refractivity contribution is -0.117. The maximum atomic E-state index is 14.8. The Morgan fingerprint density at radius 2 is 0.726 bits per heavy atom. The van der Waals surface area contributed by atoms with Gasteiger partial charge in [0.15, 0.2) is 46.3 Å². The Kier molecular flexibility index (Phi) is 32.8. The van der Waals surface area contributed by atoms with E-state index in [1.165, 1.54) is 29.2 Å². The monoisotopic (exact) mass is 2010 g/mol. The number of benzene rings is 4. The van der Waals surface area contributed by atoms with Crippen molar-refractivity contribution in [3.05, 3.63) is 209 Å². The van der Waals surface area contributed by atoms with E-state index in [9.17, 15) is 22.4 Å². The molecule has 18 rings (SSSR count). The highest BCUT2D eigenvalue weighted by Crippen LogP contribution is 2.49. The lowest BCUT2D eigenvalue weighted by Gasteiger charge is -2.29. The average Bonchev–Trinajstić information content (AvgIpc) is 1.77. The predicted molar refractivity (Wildman–Crippen MR) is 515 cm³/mol. The van der Waals surface area contributed by atoms with Crippen LogP contribution in [0, 0.1) is 23.3 Å². The number of anilines is 5. The molecule has 716 valence electrons. The number of amides is 1. The number of halogens is 12. The largest absolute Gasteiger partial charge is 0.489 e. The van der Waals surface area contributed by atoms with Gasteiger partial charge in [0.25, 0.3) is 0 Å². The fourth-order valence-corrected chi connectivity index (χ4v) is 19.1. The number of hydrogen-bond acceptors (Lipinski definition) is 25. The molecule has 135 heavy (non-hydrogen) atoms. The predicted octanol–water partition coefficient (Wildman–Crippen LogP) is 19.5. The minimum Gasteiger partial charge on any atom is -0.489 e. The summed E-state index contributed by atoms with van der Waals surface area (Å²) in [4.78, 5) is 30.7. The number of carbonyl (C=O) groups is 1. The number of nitrogen functional groups attached to an aromatic ring is 4. The maximum absolute atomic E-state index is 14.8. The van der Waals surface area contributed by atoms with Gasteiger partial charge in [-0.15, -0.1) is 0 Å². The molecule has 12 N–H and O–H groups in total. The van der Waals surface area contributed by atoms with Crippen molar-refractivity contribution in [3.63, 3.8) is 0 Å². The summed E-state index contributed by atoms with van der Waals surface area (Å²) in [6.07, 6.45) is 26.5. The fraction of sp³-hybridized carbons (Fsp3) is 0.387. The van der Waals surface area contributed by atoms with Crippen molar-refractivity contribution in [2.24, 2.45) is 14.1 Å². The van der Waals surface area contributed by atoms with Crippen molar-refractivity contribution in [2.45, 2.75) is 147 Å². The number of aromatic nitrogens is 12. The highest BCUT2D eigenvalue weighted by Gasteiger charge is 2.35. The second-order valence-electron chi connectivity index (χ2n) is 33.3. The summed E-state index contributed by atoms with van der Waals surface area (Å²) < 4.78 is 113. The van der Waals surface area contributed by atoms with Gasteiger partial charge in [-0.05, 0) is 130 Å². The Hall–Kier alpha value is -10.6. The molecule has 4 aromatic carbocycles. The molecule has 1 amide bonds. The molecule has 12 aromatic rings. The van der Waals surface area contributed by atoms with Gasteiger partial charge in [0.1, 0.15) is 83.2 Å². The van der Waals surface area contributed by atoms with Gasteiger partial charge in [-0.25, -0.2) is 37.5 Å². The van der Waals surface area contributed by atoms with E-state index in [1.807, 2.05) is 54.4 Å². The Morgan fingerprint density at radius 1 is 0.378 bits per heavy atom. The molecule has 0 bridgehead atoms. The van der Waals surface area contributed by atoms with Crippen LogP contribution in [-0.2, 0) is 23.6 Å². The van der Waals surface area contributed by atoms with E-state index in [1.54, 1.807) is 105 Å².